The minimum Gasteiger partial charge on any atom is -0.369 e. The van der Waals surface area contributed by atoms with Crippen LogP contribution in [0.2, 0.25) is 0 Å². The highest BCUT2D eigenvalue weighted by Gasteiger charge is 2.10. The van der Waals surface area contributed by atoms with Crippen molar-refractivity contribution in [1.82, 2.24) is 0 Å². The normalized spacial score (nSPS) is 11.7. The minimum atomic E-state index is 0. The fraction of sp³-hybridized carbons (Fsp3) is 0.538. The van der Waals surface area contributed by atoms with Gasteiger partial charge in [-0.3, -0.25) is 0 Å². The van der Waals surface area contributed by atoms with Crippen LogP contribution in [0.5, 0.6) is 0 Å². The molecule has 0 N–H and O–H groups in total. The van der Waals surface area contributed by atoms with E-state index in [1.807, 2.05) is 0 Å². The molecule has 1 aromatic carbocycles. The molecule has 0 fully saturated rings. The molecule has 0 amide bonds. The van der Waals surface area contributed by atoms with Crippen LogP contribution in [0.3, 0.4) is 0 Å². The fourth-order valence-electron chi connectivity index (χ4n) is 1.68. The summed E-state index contributed by atoms with van der Waals surface area (Å²) in [7, 11) is 0. The molecule has 0 saturated heterocycles. The Balaban J connectivity index is 0.00000196. The van der Waals surface area contributed by atoms with Crippen molar-refractivity contribution in [2.75, 3.05) is 11.4 Å². The predicted octanol–water partition coefficient (Wildman–Crippen LogP) is 2.25. The van der Waals surface area contributed by atoms with Gasteiger partial charge in [-0.2, -0.15) is 0 Å². The third-order valence-electron chi connectivity index (χ3n) is 2.68. The Hall–Kier alpha value is -0.763. The third-order valence-corrected chi connectivity index (χ3v) is 2.68. The quantitative estimate of drug-likeness (QED) is 0.692. The number of anilines is 1. The van der Waals surface area contributed by atoms with Crippen LogP contribution in [0.4, 0.5) is 5.69 Å². The van der Waals surface area contributed by atoms with Crippen molar-refractivity contribution >= 4 is 16.7 Å². The molecule has 0 aromatic heterocycles. The highest BCUT2D eigenvalue weighted by Crippen LogP contribution is 2.18. The molecule has 0 radical (unpaired) electrons. The Bertz CT molecular complexity index is 248. The van der Waals surface area contributed by atoms with Crippen molar-refractivity contribution < 1.29 is 0 Å². The van der Waals surface area contributed by atoms with E-state index < -0.39 is 0 Å². The zero-order chi connectivity index (χ0) is 10.4. The maximum absolute atomic E-state index is 2.49. The van der Waals surface area contributed by atoms with Gasteiger partial charge in [0.15, 0.2) is 0 Å². The molecular formula is C13H25NSi. The smallest absolute Gasteiger partial charge is 0.0368 e. The lowest BCUT2D eigenvalue weighted by Gasteiger charge is -2.30. The van der Waals surface area contributed by atoms with Crippen molar-refractivity contribution in [3.63, 3.8) is 0 Å². The summed E-state index contributed by atoms with van der Waals surface area (Å²) in [6.07, 6.45) is 2.41. The van der Waals surface area contributed by atoms with Crippen LogP contribution in [0.15, 0.2) is 30.3 Å². The van der Waals surface area contributed by atoms with Gasteiger partial charge in [0.2, 0.25) is 0 Å². The van der Waals surface area contributed by atoms with E-state index in [-0.39, 0.29) is 11.0 Å². The van der Waals surface area contributed by atoms with Gasteiger partial charge < -0.3 is 4.90 Å². The van der Waals surface area contributed by atoms with Crippen LogP contribution in [0, 0.1) is 0 Å². The summed E-state index contributed by atoms with van der Waals surface area (Å²) in [5, 5.41) is 0. The Kier molecular flexibility index (Phi) is 7.14. The van der Waals surface area contributed by atoms with Gasteiger partial charge in [-0.05, 0) is 42.9 Å². The highest BCUT2D eigenvalue weighted by molar-refractivity contribution is 5.75. The number of para-hydroxylation sites is 1. The summed E-state index contributed by atoms with van der Waals surface area (Å²) < 4.78 is 0. The van der Waals surface area contributed by atoms with Crippen molar-refractivity contribution in [2.45, 2.75) is 39.7 Å². The number of benzene rings is 1. The van der Waals surface area contributed by atoms with Gasteiger partial charge in [0, 0.05) is 18.3 Å². The van der Waals surface area contributed by atoms with Gasteiger partial charge in [0.1, 0.15) is 0 Å². The van der Waals surface area contributed by atoms with Crippen LogP contribution in [-0.2, 0) is 0 Å². The molecule has 2 heteroatoms. The van der Waals surface area contributed by atoms with Crippen molar-refractivity contribution in [3.8, 4) is 0 Å². The number of hydrogen-bond donors (Lipinski definition) is 0. The van der Waals surface area contributed by atoms with Gasteiger partial charge in [-0.25, -0.2) is 0 Å². The molecule has 0 aliphatic heterocycles. The molecular weight excluding hydrogens is 198 g/mol. The van der Waals surface area contributed by atoms with E-state index in [0.717, 1.165) is 6.54 Å². The number of hydrogen-bond acceptors (Lipinski definition) is 1. The van der Waals surface area contributed by atoms with E-state index in [2.05, 4.69) is 56.0 Å². The predicted molar refractivity (Wildman–Crippen MR) is 75.2 cm³/mol. The zero-order valence-electron chi connectivity index (χ0n) is 9.53. The molecule has 1 atom stereocenters. The van der Waals surface area contributed by atoms with Crippen LogP contribution in [0.1, 0.15) is 33.6 Å². The summed E-state index contributed by atoms with van der Waals surface area (Å²) in [5.74, 6) is 0. The van der Waals surface area contributed by atoms with Gasteiger partial charge in [-0.15, -0.1) is 0 Å². The second-order valence-electron chi connectivity index (χ2n) is 3.79. The minimum absolute atomic E-state index is 0. The standard InChI is InChI=1S/C13H21N.H4Si/c1-4-11-14(12(3)5-2)13-9-7-6-8-10-13;/h6-10,12H,4-5,11H2,1-3H3;1H4. The van der Waals surface area contributed by atoms with E-state index >= 15 is 0 Å². The summed E-state index contributed by atoms with van der Waals surface area (Å²) >= 11 is 0. The van der Waals surface area contributed by atoms with Crippen molar-refractivity contribution in [3.05, 3.63) is 30.3 Å². The molecule has 0 aliphatic rings. The molecule has 1 unspecified atom stereocenters. The molecule has 15 heavy (non-hydrogen) atoms. The first kappa shape index (κ1) is 14.2. The molecule has 0 bridgehead atoms. The Morgan fingerprint density at radius 1 is 1.13 bits per heavy atom. The lowest BCUT2D eigenvalue weighted by atomic mass is 10.1. The first-order valence-corrected chi connectivity index (χ1v) is 5.61. The SMILES string of the molecule is CCCN(c1ccccc1)C(C)CC.[SiH4]. The molecule has 0 saturated carbocycles. The zero-order valence-corrected chi connectivity index (χ0v) is 9.53. The average molecular weight is 223 g/mol. The monoisotopic (exact) mass is 223 g/mol. The van der Waals surface area contributed by atoms with Crippen LogP contribution in [-0.4, -0.2) is 23.6 Å². The summed E-state index contributed by atoms with van der Waals surface area (Å²) in [6.45, 7) is 7.93. The van der Waals surface area contributed by atoms with Gasteiger partial charge in [-0.1, -0.05) is 32.0 Å². The van der Waals surface area contributed by atoms with E-state index in [0.29, 0.717) is 6.04 Å². The maximum Gasteiger partial charge on any atom is 0.0368 e. The van der Waals surface area contributed by atoms with E-state index in [1.54, 1.807) is 0 Å². The number of rotatable bonds is 5. The first-order chi connectivity index (χ1) is 6.79. The summed E-state index contributed by atoms with van der Waals surface area (Å²) in [4.78, 5) is 2.49. The fourth-order valence-corrected chi connectivity index (χ4v) is 1.68. The van der Waals surface area contributed by atoms with Crippen molar-refractivity contribution in [1.29, 1.82) is 0 Å². The van der Waals surface area contributed by atoms with Crippen molar-refractivity contribution in [2.24, 2.45) is 0 Å². The topological polar surface area (TPSA) is 3.24 Å². The summed E-state index contributed by atoms with van der Waals surface area (Å²) in [6, 6.07) is 11.3. The third kappa shape index (κ3) is 4.08. The first-order valence-electron chi connectivity index (χ1n) is 5.61. The van der Waals surface area contributed by atoms with Crippen LogP contribution in [0.25, 0.3) is 0 Å². The number of nitrogens with zero attached hydrogens (tertiary/aromatic N) is 1. The van der Waals surface area contributed by atoms with Gasteiger partial charge >= 0.3 is 0 Å². The van der Waals surface area contributed by atoms with Gasteiger partial charge in [0.05, 0.1) is 0 Å². The molecule has 86 valence electrons. The maximum atomic E-state index is 2.49. The molecule has 0 aliphatic carbocycles. The molecule has 1 rings (SSSR count). The van der Waals surface area contributed by atoms with Crippen LogP contribution >= 0.6 is 0 Å². The van der Waals surface area contributed by atoms with E-state index in [4.69, 9.17) is 0 Å². The highest BCUT2D eigenvalue weighted by atomic mass is 28.1. The lowest BCUT2D eigenvalue weighted by Crippen LogP contribution is -2.33. The molecule has 0 spiro atoms. The molecule has 0 heterocycles. The Morgan fingerprint density at radius 3 is 2.20 bits per heavy atom. The Morgan fingerprint density at radius 2 is 1.73 bits per heavy atom. The Labute approximate surface area is 98.5 Å². The average Bonchev–Trinajstić information content (AvgIpc) is 2.26. The summed E-state index contributed by atoms with van der Waals surface area (Å²) in [5.41, 5.74) is 1.35. The van der Waals surface area contributed by atoms with E-state index in [9.17, 15) is 0 Å². The van der Waals surface area contributed by atoms with E-state index in [1.165, 1.54) is 18.5 Å². The van der Waals surface area contributed by atoms with Crippen LogP contribution < -0.4 is 4.90 Å². The second-order valence-corrected chi connectivity index (χ2v) is 3.79. The molecule has 1 nitrogen and oxygen atoms in total. The second kappa shape index (κ2) is 7.52. The lowest BCUT2D eigenvalue weighted by molar-refractivity contribution is 0.610. The van der Waals surface area contributed by atoms with Gasteiger partial charge in [0.25, 0.3) is 0 Å². The molecule has 1 aromatic rings. The largest absolute Gasteiger partial charge is 0.369 e.